The van der Waals surface area contributed by atoms with Crippen molar-refractivity contribution >= 4 is 15.9 Å². The molecule has 0 heterocycles. The van der Waals surface area contributed by atoms with Gasteiger partial charge in [-0.1, -0.05) is 41.9 Å². The molecule has 0 saturated heterocycles. The quantitative estimate of drug-likeness (QED) is 0.671. The molecule has 1 aromatic carbocycles. The number of hydrogen-bond acceptors (Lipinski definition) is 2. The standard InChI is InChI=1S/C18H31BrN2/c1-6-12-20-17(15-9-8-10-16(19)14-15)11-13-21(5)18(3,4)7-2/h8-10,14,17,20H,6-7,11-13H2,1-5H3. The molecule has 0 aromatic heterocycles. The summed E-state index contributed by atoms with van der Waals surface area (Å²) < 4.78 is 1.16. The predicted molar refractivity (Wildman–Crippen MR) is 96.8 cm³/mol. The van der Waals surface area contributed by atoms with Crippen molar-refractivity contribution in [2.45, 2.75) is 58.5 Å². The Labute approximate surface area is 139 Å². The summed E-state index contributed by atoms with van der Waals surface area (Å²) in [6.07, 6.45) is 3.48. The van der Waals surface area contributed by atoms with Gasteiger partial charge in [0.05, 0.1) is 0 Å². The summed E-state index contributed by atoms with van der Waals surface area (Å²) in [4.78, 5) is 2.48. The van der Waals surface area contributed by atoms with Gasteiger partial charge in [0.15, 0.2) is 0 Å². The molecule has 21 heavy (non-hydrogen) atoms. The average molecular weight is 355 g/mol. The van der Waals surface area contributed by atoms with Crippen LogP contribution < -0.4 is 5.32 Å². The van der Waals surface area contributed by atoms with Crippen LogP contribution in [0.1, 0.15) is 58.6 Å². The Hall–Kier alpha value is -0.380. The maximum absolute atomic E-state index is 3.69. The SMILES string of the molecule is CCCNC(CCN(C)C(C)(C)CC)c1cccc(Br)c1. The van der Waals surface area contributed by atoms with Gasteiger partial charge in [-0.3, -0.25) is 0 Å². The van der Waals surface area contributed by atoms with Crippen molar-refractivity contribution in [2.75, 3.05) is 20.1 Å². The molecule has 0 bridgehead atoms. The molecule has 1 aromatic rings. The van der Waals surface area contributed by atoms with Crippen LogP contribution in [0.4, 0.5) is 0 Å². The second-order valence-corrected chi connectivity index (χ2v) is 7.35. The average Bonchev–Trinajstić information content (AvgIpc) is 2.47. The number of nitrogens with one attached hydrogen (secondary N) is 1. The first kappa shape index (κ1) is 18.7. The number of hydrogen-bond donors (Lipinski definition) is 1. The Morgan fingerprint density at radius 2 is 2.00 bits per heavy atom. The summed E-state index contributed by atoms with van der Waals surface area (Å²) in [5, 5.41) is 3.69. The number of halogens is 1. The zero-order chi connectivity index (χ0) is 15.9. The van der Waals surface area contributed by atoms with Gasteiger partial charge in [-0.2, -0.15) is 0 Å². The Morgan fingerprint density at radius 1 is 1.29 bits per heavy atom. The van der Waals surface area contributed by atoms with Gasteiger partial charge < -0.3 is 10.2 Å². The van der Waals surface area contributed by atoms with Crippen molar-refractivity contribution in [3.05, 3.63) is 34.3 Å². The highest BCUT2D eigenvalue weighted by atomic mass is 79.9. The lowest BCUT2D eigenvalue weighted by molar-refractivity contribution is 0.144. The Balaban J connectivity index is 2.71. The summed E-state index contributed by atoms with van der Waals surface area (Å²) >= 11 is 3.58. The molecule has 2 nitrogen and oxygen atoms in total. The third-order valence-corrected chi connectivity index (χ3v) is 5.04. The van der Waals surface area contributed by atoms with E-state index in [0.29, 0.717) is 6.04 Å². The van der Waals surface area contributed by atoms with E-state index in [9.17, 15) is 0 Å². The van der Waals surface area contributed by atoms with Crippen molar-refractivity contribution in [3.63, 3.8) is 0 Å². The van der Waals surface area contributed by atoms with Crippen LogP contribution in [0.25, 0.3) is 0 Å². The normalized spacial score (nSPS) is 13.7. The number of rotatable bonds is 9. The third-order valence-electron chi connectivity index (χ3n) is 4.54. The molecule has 0 amide bonds. The summed E-state index contributed by atoms with van der Waals surface area (Å²) in [5.74, 6) is 0. The highest BCUT2D eigenvalue weighted by molar-refractivity contribution is 9.10. The van der Waals surface area contributed by atoms with Crippen molar-refractivity contribution in [1.29, 1.82) is 0 Å². The molecule has 0 fully saturated rings. The number of nitrogens with zero attached hydrogens (tertiary/aromatic N) is 1. The van der Waals surface area contributed by atoms with Crippen LogP contribution in [0.5, 0.6) is 0 Å². The van der Waals surface area contributed by atoms with E-state index in [4.69, 9.17) is 0 Å². The summed E-state index contributed by atoms with van der Waals surface area (Å²) in [5.41, 5.74) is 1.65. The van der Waals surface area contributed by atoms with Crippen LogP contribution >= 0.6 is 15.9 Å². The molecule has 0 aliphatic carbocycles. The van der Waals surface area contributed by atoms with E-state index in [0.717, 1.165) is 24.0 Å². The van der Waals surface area contributed by atoms with E-state index in [2.05, 4.69) is 85.2 Å². The maximum Gasteiger partial charge on any atom is 0.0332 e. The van der Waals surface area contributed by atoms with Crippen molar-refractivity contribution in [3.8, 4) is 0 Å². The fraction of sp³-hybridized carbons (Fsp3) is 0.667. The van der Waals surface area contributed by atoms with E-state index >= 15 is 0 Å². The Morgan fingerprint density at radius 3 is 2.57 bits per heavy atom. The van der Waals surface area contributed by atoms with E-state index in [-0.39, 0.29) is 5.54 Å². The topological polar surface area (TPSA) is 15.3 Å². The smallest absolute Gasteiger partial charge is 0.0332 e. The van der Waals surface area contributed by atoms with Crippen LogP contribution in [0.3, 0.4) is 0 Å². The van der Waals surface area contributed by atoms with Crippen molar-refractivity contribution in [2.24, 2.45) is 0 Å². The van der Waals surface area contributed by atoms with Crippen LogP contribution in [-0.2, 0) is 0 Å². The molecule has 1 rings (SSSR count). The zero-order valence-corrected chi connectivity index (χ0v) is 15.8. The van der Waals surface area contributed by atoms with E-state index in [1.165, 1.54) is 18.4 Å². The number of benzene rings is 1. The van der Waals surface area contributed by atoms with Gasteiger partial charge in [0.1, 0.15) is 0 Å². The van der Waals surface area contributed by atoms with Crippen LogP contribution in [0, 0.1) is 0 Å². The molecule has 0 spiro atoms. The van der Waals surface area contributed by atoms with Gasteiger partial charge in [0, 0.05) is 22.6 Å². The third kappa shape index (κ3) is 6.09. The summed E-state index contributed by atoms with van der Waals surface area (Å²) in [6, 6.07) is 9.10. The van der Waals surface area contributed by atoms with Gasteiger partial charge in [-0.25, -0.2) is 0 Å². The lowest BCUT2D eigenvalue weighted by atomic mass is 9.98. The zero-order valence-electron chi connectivity index (χ0n) is 14.2. The fourth-order valence-corrected chi connectivity index (χ4v) is 2.74. The predicted octanol–water partition coefficient (Wildman–Crippen LogP) is 5.00. The molecule has 120 valence electrons. The monoisotopic (exact) mass is 354 g/mol. The molecule has 0 aliphatic rings. The first-order valence-corrected chi connectivity index (χ1v) is 8.90. The maximum atomic E-state index is 3.69. The summed E-state index contributed by atoms with van der Waals surface area (Å²) in [6.45, 7) is 11.3. The van der Waals surface area contributed by atoms with Crippen LogP contribution in [-0.4, -0.2) is 30.6 Å². The minimum atomic E-state index is 0.270. The van der Waals surface area contributed by atoms with Crippen molar-refractivity contribution < 1.29 is 0 Å². The Kier molecular flexibility index (Phi) is 7.93. The first-order valence-electron chi connectivity index (χ1n) is 8.10. The van der Waals surface area contributed by atoms with Gasteiger partial charge in [-0.15, -0.1) is 0 Å². The molecule has 0 saturated carbocycles. The molecule has 1 N–H and O–H groups in total. The second kappa shape index (κ2) is 8.92. The lowest BCUT2D eigenvalue weighted by Crippen LogP contribution is -2.42. The minimum Gasteiger partial charge on any atom is -0.310 e. The summed E-state index contributed by atoms with van der Waals surface area (Å²) in [7, 11) is 2.24. The van der Waals surface area contributed by atoms with Gasteiger partial charge in [0.25, 0.3) is 0 Å². The molecule has 0 radical (unpaired) electrons. The molecule has 3 heteroatoms. The van der Waals surface area contributed by atoms with Crippen LogP contribution in [0.2, 0.25) is 0 Å². The highest BCUT2D eigenvalue weighted by Crippen LogP contribution is 2.23. The van der Waals surface area contributed by atoms with E-state index < -0.39 is 0 Å². The lowest BCUT2D eigenvalue weighted by Gasteiger charge is -2.36. The van der Waals surface area contributed by atoms with Crippen LogP contribution in [0.15, 0.2) is 28.7 Å². The molecule has 0 aliphatic heterocycles. The second-order valence-electron chi connectivity index (χ2n) is 6.44. The molecular weight excluding hydrogens is 324 g/mol. The van der Waals surface area contributed by atoms with Gasteiger partial charge >= 0.3 is 0 Å². The Bertz CT molecular complexity index is 417. The van der Waals surface area contributed by atoms with E-state index in [1.807, 2.05) is 0 Å². The van der Waals surface area contributed by atoms with Gasteiger partial charge in [-0.05, 0) is 64.4 Å². The van der Waals surface area contributed by atoms with Gasteiger partial charge in [0.2, 0.25) is 0 Å². The highest BCUT2D eigenvalue weighted by Gasteiger charge is 2.22. The van der Waals surface area contributed by atoms with Crippen molar-refractivity contribution in [1.82, 2.24) is 10.2 Å². The molecule has 1 atom stereocenters. The first-order chi connectivity index (χ1) is 9.90. The minimum absolute atomic E-state index is 0.270. The molecule has 1 unspecified atom stereocenters. The molecular formula is C18H31BrN2. The van der Waals surface area contributed by atoms with E-state index in [1.54, 1.807) is 0 Å². The largest absolute Gasteiger partial charge is 0.310 e. The fourth-order valence-electron chi connectivity index (χ4n) is 2.32.